The molecule has 0 aromatic carbocycles. The molecular weight excluding hydrogens is 272 g/mol. The smallest absolute Gasteiger partial charge is 0.306 e. The van der Waals surface area contributed by atoms with Gasteiger partial charge in [0, 0.05) is 18.5 Å². The van der Waals surface area contributed by atoms with Gasteiger partial charge in [0.15, 0.2) is 0 Å². The molecular formula is C15H24N2O4. The highest BCUT2D eigenvalue weighted by molar-refractivity contribution is 5.82. The predicted molar refractivity (Wildman–Crippen MR) is 76.2 cm³/mol. The van der Waals surface area contributed by atoms with E-state index >= 15 is 0 Å². The van der Waals surface area contributed by atoms with Gasteiger partial charge in [0.25, 0.3) is 0 Å². The standard InChI is InChI=1S/C15H24N2O4/c1-9-2-3-12(13(16)18)8-17(9)14(19)10-4-6-11(7-5-10)15(20)21/h9-12H,2-8H2,1H3,(H2,16,18)(H,20,21). The molecule has 2 rings (SSSR count). The highest BCUT2D eigenvalue weighted by atomic mass is 16.4. The van der Waals surface area contributed by atoms with Crippen LogP contribution in [0.25, 0.3) is 0 Å². The average Bonchev–Trinajstić information content (AvgIpc) is 2.47. The van der Waals surface area contributed by atoms with Gasteiger partial charge in [-0.05, 0) is 45.4 Å². The number of hydrogen-bond donors (Lipinski definition) is 2. The molecule has 1 aliphatic heterocycles. The first kappa shape index (κ1) is 15.8. The zero-order chi connectivity index (χ0) is 15.6. The largest absolute Gasteiger partial charge is 0.481 e. The third-order valence-corrected chi connectivity index (χ3v) is 4.99. The predicted octanol–water partition coefficient (Wildman–Crippen LogP) is 0.990. The first-order valence-corrected chi connectivity index (χ1v) is 7.72. The van der Waals surface area contributed by atoms with Crippen molar-refractivity contribution in [2.45, 2.75) is 51.5 Å². The monoisotopic (exact) mass is 296 g/mol. The van der Waals surface area contributed by atoms with E-state index in [1.165, 1.54) is 0 Å². The van der Waals surface area contributed by atoms with E-state index in [0.717, 1.165) is 12.8 Å². The fraction of sp³-hybridized carbons (Fsp3) is 0.800. The van der Waals surface area contributed by atoms with E-state index in [2.05, 4.69) is 0 Å². The van der Waals surface area contributed by atoms with Crippen molar-refractivity contribution < 1.29 is 19.5 Å². The van der Waals surface area contributed by atoms with Crippen molar-refractivity contribution in [1.29, 1.82) is 0 Å². The molecule has 6 heteroatoms. The molecule has 1 saturated carbocycles. The minimum atomic E-state index is -0.763. The maximum absolute atomic E-state index is 12.6. The highest BCUT2D eigenvalue weighted by Crippen LogP contribution is 2.32. The fourth-order valence-electron chi connectivity index (χ4n) is 3.47. The Labute approximate surface area is 124 Å². The van der Waals surface area contributed by atoms with Crippen LogP contribution in [-0.2, 0) is 14.4 Å². The average molecular weight is 296 g/mol. The minimum Gasteiger partial charge on any atom is -0.481 e. The van der Waals surface area contributed by atoms with Crippen molar-refractivity contribution in [1.82, 2.24) is 4.90 Å². The van der Waals surface area contributed by atoms with Crippen LogP contribution in [0.4, 0.5) is 0 Å². The number of carbonyl (C=O) groups is 3. The third-order valence-electron chi connectivity index (χ3n) is 4.99. The summed E-state index contributed by atoms with van der Waals surface area (Å²) in [7, 11) is 0. The van der Waals surface area contributed by atoms with Crippen molar-refractivity contribution in [3.63, 3.8) is 0 Å². The van der Waals surface area contributed by atoms with Gasteiger partial charge in [-0.15, -0.1) is 0 Å². The summed E-state index contributed by atoms with van der Waals surface area (Å²) in [6, 6.07) is 0.130. The van der Waals surface area contributed by atoms with Gasteiger partial charge in [0.1, 0.15) is 0 Å². The number of nitrogens with two attached hydrogens (primary N) is 1. The number of primary amides is 1. The van der Waals surface area contributed by atoms with Gasteiger partial charge in [0.2, 0.25) is 11.8 Å². The summed E-state index contributed by atoms with van der Waals surface area (Å²) in [6.07, 6.45) is 3.91. The molecule has 2 atom stereocenters. The SMILES string of the molecule is CC1CCC(C(N)=O)CN1C(=O)C1CCC(C(=O)O)CC1. The quantitative estimate of drug-likeness (QED) is 0.811. The van der Waals surface area contributed by atoms with Crippen molar-refractivity contribution in [2.24, 2.45) is 23.5 Å². The maximum atomic E-state index is 12.6. The van der Waals surface area contributed by atoms with Crippen LogP contribution in [0.5, 0.6) is 0 Å². The first-order valence-electron chi connectivity index (χ1n) is 7.72. The molecule has 0 aromatic rings. The molecule has 2 unspecified atom stereocenters. The summed E-state index contributed by atoms with van der Waals surface area (Å²) >= 11 is 0. The maximum Gasteiger partial charge on any atom is 0.306 e. The van der Waals surface area contributed by atoms with Crippen LogP contribution in [0, 0.1) is 17.8 Å². The van der Waals surface area contributed by atoms with Crippen LogP contribution in [0.2, 0.25) is 0 Å². The number of aliphatic carboxylic acids is 1. The number of hydrogen-bond acceptors (Lipinski definition) is 3. The molecule has 1 saturated heterocycles. The minimum absolute atomic E-state index is 0.0669. The molecule has 1 heterocycles. The molecule has 2 fully saturated rings. The Morgan fingerprint density at radius 1 is 0.952 bits per heavy atom. The lowest BCUT2D eigenvalue weighted by Crippen LogP contribution is -2.51. The summed E-state index contributed by atoms with van der Waals surface area (Å²) in [6.45, 7) is 2.41. The van der Waals surface area contributed by atoms with Gasteiger partial charge >= 0.3 is 5.97 Å². The number of carboxylic acid groups (broad SMARTS) is 1. The molecule has 0 spiro atoms. The van der Waals surface area contributed by atoms with Crippen LogP contribution < -0.4 is 5.73 Å². The Kier molecular flexibility index (Phi) is 4.85. The van der Waals surface area contributed by atoms with Gasteiger partial charge in [-0.1, -0.05) is 0 Å². The molecule has 3 N–H and O–H groups in total. The van der Waals surface area contributed by atoms with Crippen LogP contribution in [-0.4, -0.2) is 40.4 Å². The first-order chi connectivity index (χ1) is 9.90. The van der Waals surface area contributed by atoms with E-state index in [1.54, 1.807) is 4.90 Å². The Morgan fingerprint density at radius 3 is 2.00 bits per heavy atom. The molecule has 2 amide bonds. The molecule has 6 nitrogen and oxygen atoms in total. The number of piperidine rings is 1. The Balaban J connectivity index is 1.96. The Morgan fingerprint density at radius 2 is 1.48 bits per heavy atom. The van der Waals surface area contributed by atoms with Gasteiger partial charge in [-0.2, -0.15) is 0 Å². The van der Waals surface area contributed by atoms with Gasteiger partial charge in [0.05, 0.1) is 11.8 Å². The second-order valence-electron chi connectivity index (χ2n) is 6.40. The lowest BCUT2D eigenvalue weighted by molar-refractivity contribution is -0.147. The molecule has 1 aliphatic carbocycles. The van der Waals surface area contributed by atoms with Gasteiger partial charge in [-0.3, -0.25) is 14.4 Å². The van der Waals surface area contributed by atoms with Crippen LogP contribution in [0.3, 0.4) is 0 Å². The van der Waals surface area contributed by atoms with E-state index in [4.69, 9.17) is 10.8 Å². The zero-order valence-corrected chi connectivity index (χ0v) is 12.5. The van der Waals surface area contributed by atoms with Crippen molar-refractivity contribution in [3.05, 3.63) is 0 Å². The summed E-state index contributed by atoms with van der Waals surface area (Å²) < 4.78 is 0. The lowest BCUT2D eigenvalue weighted by atomic mass is 9.80. The number of carboxylic acids is 1. The molecule has 0 radical (unpaired) electrons. The van der Waals surface area contributed by atoms with E-state index in [0.29, 0.717) is 32.2 Å². The number of nitrogens with zero attached hydrogens (tertiary/aromatic N) is 1. The number of amides is 2. The number of rotatable bonds is 3. The van der Waals surface area contributed by atoms with Crippen LogP contribution in [0.15, 0.2) is 0 Å². The van der Waals surface area contributed by atoms with Crippen LogP contribution in [0.1, 0.15) is 45.4 Å². The molecule has 2 aliphatic rings. The van der Waals surface area contributed by atoms with Gasteiger partial charge < -0.3 is 15.7 Å². The topological polar surface area (TPSA) is 101 Å². The van der Waals surface area contributed by atoms with Crippen molar-refractivity contribution >= 4 is 17.8 Å². The molecule has 0 aromatic heterocycles. The number of carbonyl (C=O) groups excluding carboxylic acids is 2. The van der Waals surface area contributed by atoms with E-state index in [1.807, 2.05) is 6.92 Å². The summed E-state index contributed by atoms with van der Waals surface area (Å²) in [5.41, 5.74) is 5.36. The second-order valence-corrected chi connectivity index (χ2v) is 6.40. The summed E-state index contributed by atoms with van der Waals surface area (Å²) in [5.74, 6) is -1.70. The molecule has 118 valence electrons. The third kappa shape index (κ3) is 3.54. The summed E-state index contributed by atoms with van der Waals surface area (Å²) in [5, 5.41) is 9.00. The molecule has 21 heavy (non-hydrogen) atoms. The Bertz CT molecular complexity index is 429. The Hall–Kier alpha value is -1.59. The van der Waals surface area contributed by atoms with E-state index < -0.39 is 5.97 Å². The van der Waals surface area contributed by atoms with Crippen LogP contribution >= 0.6 is 0 Å². The normalized spacial score (nSPS) is 33.5. The van der Waals surface area contributed by atoms with E-state index in [-0.39, 0.29) is 35.6 Å². The fourth-order valence-corrected chi connectivity index (χ4v) is 3.47. The number of likely N-dealkylation sites (tertiary alicyclic amines) is 1. The molecule has 0 bridgehead atoms. The van der Waals surface area contributed by atoms with Crippen molar-refractivity contribution in [2.75, 3.05) is 6.54 Å². The lowest BCUT2D eigenvalue weighted by Gasteiger charge is -2.40. The van der Waals surface area contributed by atoms with Gasteiger partial charge in [-0.25, -0.2) is 0 Å². The van der Waals surface area contributed by atoms with Crippen molar-refractivity contribution in [3.8, 4) is 0 Å². The highest BCUT2D eigenvalue weighted by Gasteiger charge is 2.37. The second kappa shape index (κ2) is 6.45. The summed E-state index contributed by atoms with van der Waals surface area (Å²) in [4.78, 5) is 36.7. The van der Waals surface area contributed by atoms with E-state index in [9.17, 15) is 14.4 Å². The zero-order valence-electron chi connectivity index (χ0n) is 12.5.